The summed E-state index contributed by atoms with van der Waals surface area (Å²) in [5.74, 6) is -2.40. The standard InChI is InChI=1S/C22H23ClFN3O3/c1-3-19-16(22(30)27(26-19)12-14-7-5-4-6-13(14)2)8-9-25-21(29)17-10-15(24)11-18(23)20(17)28/h4-7,10-11,16,28H,3,8-9,12H2,1-2H3,(H,25,29). The van der Waals surface area contributed by atoms with Gasteiger partial charge in [-0.15, -0.1) is 0 Å². The normalized spacial score (nSPS) is 16.0. The summed E-state index contributed by atoms with van der Waals surface area (Å²) in [5, 5.41) is 18.2. The van der Waals surface area contributed by atoms with Crippen molar-refractivity contribution < 1.29 is 19.1 Å². The number of benzene rings is 2. The fourth-order valence-electron chi connectivity index (χ4n) is 3.43. The van der Waals surface area contributed by atoms with Gasteiger partial charge in [0.1, 0.15) is 11.6 Å². The summed E-state index contributed by atoms with van der Waals surface area (Å²) in [6.45, 7) is 4.48. The molecule has 0 radical (unpaired) electrons. The van der Waals surface area contributed by atoms with Crippen LogP contribution in [0.2, 0.25) is 5.02 Å². The zero-order valence-electron chi connectivity index (χ0n) is 16.8. The van der Waals surface area contributed by atoms with Crippen molar-refractivity contribution in [2.75, 3.05) is 6.54 Å². The van der Waals surface area contributed by atoms with E-state index < -0.39 is 23.4 Å². The highest BCUT2D eigenvalue weighted by Gasteiger charge is 2.34. The van der Waals surface area contributed by atoms with E-state index >= 15 is 0 Å². The van der Waals surface area contributed by atoms with Gasteiger partial charge in [-0.3, -0.25) is 9.59 Å². The van der Waals surface area contributed by atoms with Crippen molar-refractivity contribution in [2.24, 2.45) is 11.0 Å². The molecule has 2 aromatic rings. The minimum absolute atomic E-state index is 0.110. The van der Waals surface area contributed by atoms with Crippen molar-refractivity contribution in [2.45, 2.75) is 33.2 Å². The summed E-state index contributed by atoms with van der Waals surface area (Å²) >= 11 is 5.72. The third kappa shape index (κ3) is 4.62. The Morgan fingerprint density at radius 3 is 2.77 bits per heavy atom. The first-order valence-electron chi connectivity index (χ1n) is 9.71. The molecule has 0 aromatic heterocycles. The third-order valence-corrected chi connectivity index (χ3v) is 5.43. The Morgan fingerprint density at radius 1 is 1.33 bits per heavy atom. The van der Waals surface area contributed by atoms with E-state index in [0.717, 1.165) is 29.0 Å². The summed E-state index contributed by atoms with van der Waals surface area (Å²) in [6, 6.07) is 9.67. The number of carbonyl (C=O) groups excluding carboxylic acids is 2. The molecule has 0 aliphatic carbocycles. The number of amides is 2. The van der Waals surface area contributed by atoms with Crippen molar-refractivity contribution in [1.82, 2.24) is 10.3 Å². The number of phenolic OH excluding ortho intramolecular Hbond substituents is 1. The van der Waals surface area contributed by atoms with Crippen LogP contribution in [0, 0.1) is 18.7 Å². The Hall–Kier alpha value is -2.93. The van der Waals surface area contributed by atoms with E-state index in [0.29, 0.717) is 19.4 Å². The van der Waals surface area contributed by atoms with Gasteiger partial charge in [-0.1, -0.05) is 42.8 Å². The number of nitrogens with one attached hydrogen (secondary N) is 1. The van der Waals surface area contributed by atoms with Crippen LogP contribution in [0.1, 0.15) is 41.3 Å². The van der Waals surface area contributed by atoms with Crippen LogP contribution in [0.4, 0.5) is 4.39 Å². The van der Waals surface area contributed by atoms with E-state index in [1.165, 1.54) is 5.01 Å². The predicted octanol–water partition coefficient (Wildman–Crippen LogP) is 4.04. The van der Waals surface area contributed by atoms with Crippen LogP contribution in [0.5, 0.6) is 5.75 Å². The molecular formula is C22H23ClFN3O3. The lowest BCUT2D eigenvalue weighted by atomic mass is 9.97. The maximum absolute atomic E-state index is 13.5. The number of rotatable bonds is 7. The molecule has 0 bridgehead atoms. The number of aryl methyl sites for hydroxylation is 1. The predicted molar refractivity (Wildman–Crippen MR) is 113 cm³/mol. The number of halogens is 2. The van der Waals surface area contributed by atoms with E-state index in [-0.39, 0.29) is 23.0 Å². The minimum atomic E-state index is -0.721. The number of nitrogens with zero attached hydrogens (tertiary/aromatic N) is 2. The van der Waals surface area contributed by atoms with E-state index in [1.807, 2.05) is 38.1 Å². The lowest BCUT2D eigenvalue weighted by Crippen LogP contribution is -2.32. The molecule has 2 N–H and O–H groups in total. The van der Waals surface area contributed by atoms with Gasteiger partial charge in [-0.05, 0) is 43.0 Å². The molecule has 1 heterocycles. The van der Waals surface area contributed by atoms with Gasteiger partial charge in [-0.25, -0.2) is 9.40 Å². The maximum Gasteiger partial charge on any atom is 0.255 e. The molecule has 0 saturated heterocycles. The van der Waals surface area contributed by atoms with Crippen molar-refractivity contribution >= 4 is 29.1 Å². The molecule has 0 spiro atoms. The molecule has 30 heavy (non-hydrogen) atoms. The Kier molecular flexibility index (Phi) is 6.72. The number of carbonyl (C=O) groups is 2. The first kappa shape index (κ1) is 21.8. The average molecular weight is 432 g/mol. The van der Waals surface area contributed by atoms with Crippen LogP contribution in [0.3, 0.4) is 0 Å². The molecule has 158 valence electrons. The van der Waals surface area contributed by atoms with Gasteiger partial charge in [0.25, 0.3) is 11.8 Å². The fraction of sp³-hybridized carbons (Fsp3) is 0.318. The lowest BCUT2D eigenvalue weighted by Gasteiger charge is -2.16. The fourth-order valence-corrected chi connectivity index (χ4v) is 3.64. The Labute approximate surface area is 179 Å². The molecule has 1 unspecified atom stereocenters. The topological polar surface area (TPSA) is 82.0 Å². The summed E-state index contributed by atoms with van der Waals surface area (Å²) in [5.41, 5.74) is 2.63. The summed E-state index contributed by atoms with van der Waals surface area (Å²) < 4.78 is 13.5. The lowest BCUT2D eigenvalue weighted by molar-refractivity contribution is -0.132. The van der Waals surface area contributed by atoms with Crippen molar-refractivity contribution in [3.8, 4) is 5.75 Å². The van der Waals surface area contributed by atoms with E-state index in [9.17, 15) is 19.1 Å². The maximum atomic E-state index is 13.5. The highest BCUT2D eigenvalue weighted by Crippen LogP contribution is 2.29. The molecule has 0 fully saturated rings. The Balaban J connectivity index is 1.63. The third-order valence-electron chi connectivity index (χ3n) is 5.14. The molecule has 6 nitrogen and oxygen atoms in total. The Bertz CT molecular complexity index is 1010. The molecule has 3 rings (SSSR count). The second-order valence-electron chi connectivity index (χ2n) is 7.15. The van der Waals surface area contributed by atoms with Crippen LogP contribution >= 0.6 is 11.6 Å². The second kappa shape index (κ2) is 9.26. The van der Waals surface area contributed by atoms with Gasteiger partial charge < -0.3 is 10.4 Å². The number of aromatic hydroxyl groups is 1. The van der Waals surface area contributed by atoms with Gasteiger partial charge in [0.15, 0.2) is 0 Å². The van der Waals surface area contributed by atoms with E-state index in [4.69, 9.17) is 11.6 Å². The quantitative estimate of drug-likeness (QED) is 0.694. The molecule has 1 atom stereocenters. The van der Waals surface area contributed by atoms with Crippen LogP contribution in [0.15, 0.2) is 41.5 Å². The van der Waals surface area contributed by atoms with Gasteiger partial charge in [0.2, 0.25) is 0 Å². The van der Waals surface area contributed by atoms with Crippen molar-refractivity contribution in [3.05, 3.63) is 63.9 Å². The molecule has 0 saturated carbocycles. The van der Waals surface area contributed by atoms with Crippen molar-refractivity contribution in [3.63, 3.8) is 0 Å². The average Bonchev–Trinajstić information content (AvgIpc) is 3.01. The largest absolute Gasteiger partial charge is 0.506 e. The summed E-state index contributed by atoms with van der Waals surface area (Å²) in [4.78, 5) is 25.2. The molecule has 2 amide bonds. The molecule has 1 aliphatic heterocycles. The monoisotopic (exact) mass is 431 g/mol. The van der Waals surface area contributed by atoms with Crippen LogP contribution in [-0.2, 0) is 11.3 Å². The highest BCUT2D eigenvalue weighted by atomic mass is 35.5. The zero-order chi connectivity index (χ0) is 21.8. The number of hydrazone groups is 1. The van der Waals surface area contributed by atoms with Gasteiger partial charge in [-0.2, -0.15) is 5.10 Å². The van der Waals surface area contributed by atoms with E-state index in [2.05, 4.69) is 10.4 Å². The SMILES string of the molecule is CCC1=NN(Cc2ccccc2C)C(=O)C1CCNC(=O)c1cc(F)cc(Cl)c1O. The first-order valence-corrected chi connectivity index (χ1v) is 10.1. The first-order chi connectivity index (χ1) is 14.3. The van der Waals surface area contributed by atoms with Gasteiger partial charge in [0, 0.05) is 6.54 Å². The highest BCUT2D eigenvalue weighted by molar-refractivity contribution is 6.32. The zero-order valence-corrected chi connectivity index (χ0v) is 17.5. The second-order valence-corrected chi connectivity index (χ2v) is 7.56. The molecule has 8 heteroatoms. The number of hydrogen-bond acceptors (Lipinski definition) is 4. The number of hydrogen-bond donors (Lipinski definition) is 2. The van der Waals surface area contributed by atoms with E-state index in [1.54, 1.807) is 0 Å². The minimum Gasteiger partial charge on any atom is -0.506 e. The summed E-state index contributed by atoms with van der Waals surface area (Å²) in [6.07, 6.45) is 0.972. The van der Waals surface area contributed by atoms with Crippen molar-refractivity contribution in [1.29, 1.82) is 0 Å². The van der Waals surface area contributed by atoms with Crippen LogP contribution in [0.25, 0.3) is 0 Å². The van der Waals surface area contributed by atoms with Crippen LogP contribution < -0.4 is 5.32 Å². The number of phenols is 1. The van der Waals surface area contributed by atoms with Crippen LogP contribution in [-0.4, -0.2) is 34.2 Å². The van der Waals surface area contributed by atoms with Gasteiger partial charge >= 0.3 is 0 Å². The summed E-state index contributed by atoms with van der Waals surface area (Å²) in [7, 11) is 0. The molecule has 1 aliphatic rings. The smallest absolute Gasteiger partial charge is 0.255 e. The Morgan fingerprint density at radius 2 is 2.07 bits per heavy atom. The molecular weight excluding hydrogens is 409 g/mol. The van der Waals surface area contributed by atoms with Gasteiger partial charge in [0.05, 0.1) is 28.8 Å². The molecule has 2 aromatic carbocycles.